The van der Waals surface area contributed by atoms with E-state index in [0.29, 0.717) is 6.42 Å². The molecule has 0 unspecified atom stereocenters. The standard InChI is InChI=1S/C23H27NO4/c1-16(21(25)26)14-20(24-22(27)28-23(2,3)4)15-17-10-12-19(13-11-17)18-8-6-5-7-9-18/h5-14,20H,15H2,1-4H3,(H,24,27)(H,25,26)/b16-14-/t20-/m0/s1. The number of ether oxygens (including phenoxy) is 1. The van der Waals surface area contributed by atoms with Crippen LogP contribution in [0.1, 0.15) is 33.3 Å². The Balaban J connectivity index is 2.16. The third kappa shape index (κ3) is 6.91. The number of aliphatic carboxylic acids is 1. The van der Waals surface area contributed by atoms with Crippen LogP contribution in [0.5, 0.6) is 0 Å². The molecule has 0 fully saturated rings. The van der Waals surface area contributed by atoms with Crippen LogP contribution in [0.2, 0.25) is 0 Å². The molecule has 1 amide bonds. The van der Waals surface area contributed by atoms with Gasteiger partial charge in [0.1, 0.15) is 5.60 Å². The van der Waals surface area contributed by atoms with Crippen LogP contribution in [0.25, 0.3) is 11.1 Å². The SMILES string of the molecule is C/C(=C/[C@@H](Cc1ccc(-c2ccccc2)cc1)NC(=O)OC(C)(C)C)C(=O)O. The summed E-state index contributed by atoms with van der Waals surface area (Å²) in [5, 5.41) is 11.9. The Hall–Kier alpha value is -3.08. The summed E-state index contributed by atoms with van der Waals surface area (Å²) >= 11 is 0. The molecule has 0 aliphatic heterocycles. The van der Waals surface area contributed by atoms with E-state index in [4.69, 9.17) is 9.84 Å². The quantitative estimate of drug-likeness (QED) is 0.704. The normalized spacial score (nSPS) is 12.9. The molecule has 0 aliphatic carbocycles. The van der Waals surface area contributed by atoms with Crippen LogP contribution in [-0.4, -0.2) is 28.8 Å². The number of carbonyl (C=O) groups excluding carboxylic acids is 1. The minimum atomic E-state index is -1.02. The first kappa shape index (κ1) is 21.2. The number of carboxylic acids is 1. The smallest absolute Gasteiger partial charge is 0.408 e. The fraction of sp³-hybridized carbons (Fsp3) is 0.304. The van der Waals surface area contributed by atoms with Gasteiger partial charge in [-0.05, 0) is 50.8 Å². The van der Waals surface area contributed by atoms with Gasteiger partial charge in [0.15, 0.2) is 0 Å². The van der Waals surface area contributed by atoms with Gasteiger partial charge in [0.05, 0.1) is 6.04 Å². The number of hydrogen-bond donors (Lipinski definition) is 2. The van der Waals surface area contributed by atoms with Gasteiger partial charge in [0, 0.05) is 5.57 Å². The van der Waals surface area contributed by atoms with Crippen molar-refractivity contribution in [3.8, 4) is 11.1 Å². The molecule has 0 bridgehead atoms. The Morgan fingerprint density at radius 1 is 1.04 bits per heavy atom. The Bertz CT molecular complexity index is 833. The summed E-state index contributed by atoms with van der Waals surface area (Å²) in [5.74, 6) is -1.02. The summed E-state index contributed by atoms with van der Waals surface area (Å²) in [6.45, 7) is 6.84. The summed E-state index contributed by atoms with van der Waals surface area (Å²) in [4.78, 5) is 23.3. The largest absolute Gasteiger partial charge is 0.478 e. The van der Waals surface area contributed by atoms with Gasteiger partial charge in [-0.1, -0.05) is 60.7 Å². The Morgan fingerprint density at radius 3 is 2.14 bits per heavy atom. The number of rotatable bonds is 6. The zero-order valence-electron chi connectivity index (χ0n) is 16.7. The van der Waals surface area contributed by atoms with E-state index in [-0.39, 0.29) is 5.57 Å². The highest BCUT2D eigenvalue weighted by Gasteiger charge is 2.19. The second-order valence-corrected chi connectivity index (χ2v) is 7.67. The van der Waals surface area contributed by atoms with Crippen molar-refractivity contribution in [2.45, 2.75) is 45.8 Å². The van der Waals surface area contributed by atoms with E-state index in [9.17, 15) is 9.59 Å². The molecule has 0 saturated heterocycles. The zero-order chi connectivity index (χ0) is 20.7. The van der Waals surface area contributed by atoms with Crippen molar-refractivity contribution in [1.29, 1.82) is 0 Å². The molecule has 2 rings (SSSR count). The van der Waals surface area contributed by atoms with Crippen LogP contribution in [0, 0.1) is 0 Å². The zero-order valence-corrected chi connectivity index (χ0v) is 16.7. The molecular weight excluding hydrogens is 354 g/mol. The first-order chi connectivity index (χ1) is 13.1. The van der Waals surface area contributed by atoms with Crippen molar-refractivity contribution in [2.24, 2.45) is 0 Å². The number of benzene rings is 2. The molecule has 28 heavy (non-hydrogen) atoms. The van der Waals surface area contributed by atoms with E-state index in [1.165, 1.54) is 13.0 Å². The molecule has 0 saturated carbocycles. The average Bonchev–Trinajstić information content (AvgIpc) is 2.61. The fourth-order valence-corrected chi connectivity index (χ4v) is 2.70. The van der Waals surface area contributed by atoms with Crippen molar-refractivity contribution in [3.05, 3.63) is 71.8 Å². The third-order valence-electron chi connectivity index (χ3n) is 4.01. The summed E-state index contributed by atoms with van der Waals surface area (Å²) < 4.78 is 5.30. The van der Waals surface area contributed by atoms with Crippen LogP contribution in [0.4, 0.5) is 4.79 Å². The summed E-state index contributed by atoms with van der Waals surface area (Å²) in [5.41, 5.74) is 2.74. The van der Waals surface area contributed by atoms with E-state index in [1.54, 1.807) is 20.8 Å². The van der Waals surface area contributed by atoms with Gasteiger partial charge in [0.25, 0.3) is 0 Å². The maximum Gasteiger partial charge on any atom is 0.408 e. The maximum absolute atomic E-state index is 12.1. The van der Waals surface area contributed by atoms with E-state index in [2.05, 4.69) is 5.32 Å². The van der Waals surface area contributed by atoms with Crippen LogP contribution < -0.4 is 5.32 Å². The Kier molecular flexibility index (Phi) is 6.99. The van der Waals surface area contributed by atoms with Crippen molar-refractivity contribution in [1.82, 2.24) is 5.32 Å². The molecule has 148 valence electrons. The predicted molar refractivity (Wildman–Crippen MR) is 110 cm³/mol. The number of hydrogen-bond acceptors (Lipinski definition) is 3. The second-order valence-electron chi connectivity index (χ2n) is 7.67. The lowest BCUT2D eigenvalue weighted by Crippen LogP contribution is -2.39. The van der Waals surface area contributed by atoms with Crippen molar-refractivity contribution < 1.29 is 19.4 Å². The fourth-order valence-electron chi connectivity index (χ4n) is 2.70. The van der Waals surface area contributed by atoms with E-state index in [1.807, 2.05) is 54.6 Å². The molecule has 2 aromatic rings. The summed E-state index contributed by atoms with van der Waals surface area (Å²) in [7, 11) is 0. The number of nitrogens with one attached hydrogen (secondary N) is 1. The number of amides is 1. The molecule has 2 aromatic carbocycles. The number of alkyl carbamates (subject to hydrolysis) is 1. The minimum absolute atomic E-state index is 0.168. The monoisotopic (exact) mass is 381 g/mol. The summed E-state index contributed by atoms with van der Waals surface area (Å²) in [6, 6.07) is 17.5. The van der Waals surface area contributed by atoms with Gasteiger partial charge in [-0.3, -0.25) is 0 Å². The highest BCUT2D eigenvalue weighted by Crippen LogP contribution is 2.20. The van der Waals surface area contributed by atoms with Crippen molar-refractivity contribution >= 4 is 12.1 Å². The molecular formula is C23H27NO4. The first-order valence-electron chi connectivity index (χ1n) is 9.19. The van der Waals surface area contributed by atoms with Crippen LogP contribution in [0.15, 0.2) is 66.2 Å². The molecule has 1 atom stereocenters. The highest BCUT2D eigenvalue weighted by molar-refractivity contribution is 5.86. The molecule has 2 N–H and O–H groups in total. The minimum Gasteiger partial charge on any atom is -0.478 e. The molecule has 5 nitrogen and oxygen atoms in total. The lowest BCUT2D eigenvalue weighted by atomic mass is 10.00. The third-order valence-corrected chi connectivity index (χ3v) is 4.01. The van der Waals surface area contributed by atoms with E-state index < -0.39 is 23.7 Å². The van der Waals surface area contributed by atoms with Gasteiger partial charge in [-0.2, -0.15) is 0 Å². The Labute approximate surface area is 166 Å². The van der Waals surface area contributed by atoms with Gasteiger partial charge in [0.2, 0.25) is 0 Å². The number of carbonyl (C=O) groups is 2. The van der Waals surface area contributed by atoms with Gasteiger partial charge in [-0.25, -0.2) is 9.59 Å². The lowest BCUT2D eigenvalue weighted by molar-refractivity contribution is -0.132. The second kappa shape index (κ2) is 9.22. The van der Waals surface area contributed by atoms with Crippen LogP contribution >= 0.6 is 0 Å². The highest BCUT2D eigenvalue weighted by atomic mass is 16.6. The van der Waals surface area contributed by atoms with Gasteiger partial charge in [-0.15, -0.1) is 0 Å². The van der Waals surface area contributed by atoms with Crippen LogP contribution in [0.3, 0.4) is 0 Å². The van der Waals surface area contributed by atoms with E-state index in [0.717, 1.165) is 16.7 Å². The molecule has 0 aromatic heterocycles. The lowest BCUT2D eigenvalue weighted by Gasteiger charge is -2.22. The molecule has 5 heteroatoms. The summed E-state index contributed by atoms with van der Waals surface area (Å²) in [6.07, 6.45) is 1.42. The van der Waals surface area contributed by atoms with Crippen molar-refractivity contribution in [2.75, 3.05) is 0 Å². The average molecular weight is 381 g/mol. The predicted octanol–water partition coefficient (Wildman–Crippen LogP) is 4.82. The number of carboxylic acid groups (broad SMARTS) is 1. The van der Waals surface area contributed by atoms with Crippen molar-refractivity contribution in [3.63, 3.8) is 0 Å². The van der Waals surface area contributed by atoms with Gasteiger partial charge >= 0.3 is 12.1 Å². The van der Waals surface area contributed by atoms with Gasteiger partial charge < -0.3 is 15.2 Å². The first-order valence-corrected chi connectivity index (χ1v) is 9.19. The Morgan fingerprint density at radius 2 is 1.61 bits per heavy atom. The molecule has 0 radical (unpaired) electrons. The van der Waals surface area contributed by atoms with Crippen LogP contribution in [-0.2, 0) is 16.0 Å². The molecule has 0 spiro atoms. The molecule has 0 aliphatic rings. The maximum atomic E-state index is 12.1. The molecule has 0 heterocycles. The topological polar surface area (TPSA) is 75.6 Å². The van der Waals surface area contributed by atoms with E-state index >= 15 is 0 Å².